The van der Waals surface area contributed by atoms with Gasteiger partial charge >= 0.3 is 23.5 Å². The molecule has 384 valence electrons. The highest BCUT2D eigenvalue weighted by Crippen LogP contribution is 2.61. The third-order valence-corrected chi connectivity index (χ3v) is 14.3. The molecule has 0 spiro atoms. The summed E-state index contributed by atoms with van der Waals surface area (Å²) in [6, 6.07) is -1.61. The van der Waals surface area contributed by atoms with E-state index in [0.29, 0.717) is 13.1 Å². The third kappa shape index (κ3) is 15.7. The summed E-state index contributed by atoms with van der Waals surface area (Å²) in [7, 11) is -16.5. The van der Waals surface area contributed by atoms with Crippen molar-refractivity contribution < 1.29 is 94.8 Å². The van der Waals surface area contributed by atoms with Crippen LogP contribution < -0.4 is 27.4 Å². The molecule has 4 rings (SSSR count). The Morgan fingerprint density at radius 2 is 1.68 bits per heavy atom. The first-order chi connectivity index (χ1) is 31.6. The zero-order valence-electron chi connectivity index (χ0n) is 37.3. The van der Waals surface area contributed by atoms with Gasteiger partial charge in [0.25, 0.3) is 5.91 Å². The number of nitrogens with zero attached hydrogens (tertiary/aromatic N) is 5. The average molecular weight is 1050 g/mol. The number of nitrogens with one attached hydrogen (secondary N) is 3. The van der Waals surface area contributed by atoms with Crippen LogP contribution in [-0.4, -0.2) is 177 Å². The van der Waals surface area contributed by atoms with Crippen LogP contribution in [0.5, 0.6) is 0 Å². The van der Waals surface area contributed by atoms with Gasteiger partial charge in [-0.3, -0.25) is 42.1 Å². The van der Waals surface area contributed by atoms with Gasteiger partial charge in [0.2, 0.25) is 22.8 Å². The summed E-state index contributed by atoms with van der Waals surface area (Å²) in [6.45, 7) is 5.64. The number of likely N-dealkylation sites (N-methyl/N-ethyl adjacent to an activating group) is 1. The van der Waals surface area contributed by atoms with Crippen LogP contribution in [0.3, 0.4) is 0 Å². The molecule has 0 saturated carbocycles. The lowest BCUT2D eigenvalue weighted by molar-refractivity contribution is -0.160. The molecule has 0 radical (unpaired) electrons. The van der Waals surface area contributed by atoms with Gasteiger partial charge in [-0.15, -0.1) is 0 Å². The number of hydrogen-bond donors (Lipinski definition) is 11. The Morgan fingerprint density at radius 3 is 2.31 bits per heavy atom. The molecule has 11 unspecified atom stereocenters. The minimum Gasteiger partial charge on any atom is -0.386 e. The number of rotatable bonds is 24. The van der Waals surface area contributed by atoms with Gasteiger partial charge in [0.1, 0.15) is 42.4 Å². The standard InChI is InChI=1S/C34H57N10O20P3S/c1-6-43(7-2)31(50)26-22(42-17(3)45)18(35)12-19(61-26)33(51)68-11-10-37-21(46)8-9-38-30(49)27(48)34(4,5)14-60-67(57,58)64-66(55,56)59-13-20-25(63-65(52,53)54)24(47)32(62-20)44-16-41-23-28(36)39-15-40-29(23)44/h15-16,18-20,22,24-27,32,47-48H,6-14,35H2,1-5H3,(H,37,46)(H,38,49)(H,42,45)(H,55,56)(H,57,58)(H2,36,39,40)(H2,52,53,54). The summed E-state index contributed by atoms with van der Waals surface area (Å²) < 4.78 is 68.3. The van der Waals surface area contributed by atoms with Crippen molar-refractivity contribution in [3.63, 3.8) is 0 Å². The number of aromatic nitrogens is 4. The van der Waals surface area contributed by atoms with E-state index in [2.05, 4.69) is 39.7 Å². The molecular weight excluding hydrogens is 993 g/mol. The predicted octanol–water partition coefficient (Wildman–Crippen LogP) is -2.48. The summed E-state index contributed by atoms with van der Waals surface area (Å²) in [5, 5.41) is 28.7. The molecule has 4 amide bonds. The number of carbonyl (C=O) groups is 5. The van der Waals surface area contributed by atoms with Gasteiger partial charge < -0.3 is 71.6 Å². The van der Waals surface area contributed by atoms with Gasteiger partial charge in [0.05, 0.1) is 25.6 Å². The number of phosphoric acid groups is 3. The van der Waals surface area contributed by atoms with Gasteiger partial charge in [-0.05, 0) is 20.3 Å². The molecule has 2 saturated heterocycles. The predicted molar refractivity (Wildman–Crippen MR) is 234 cm³/mol. The Hall–Kier alpha value is -3.58. The number of amides is 4. The zero-order valence-corrected chi connectivity index (χ0v) is 40.8. The highest BCUT2D eigenvalue weighted by atomic mass is 32.2. The second kappa shape index (κ2) is 24.0. The van der Waals surface area contributed by atoms with E-state index in [1.165, 1.54) is 25.7 Å². The Balaban J connectivity index is 1.20. The number of carbonyl (C=O) groups excluding carboxylic acids is 5. The Labute approximate surface area is 392 Å². The summed E-state index contributed by atoms with van der Waals surface area (Å²) in [6.07, 6.45) is -9.43. The molecule has 0 bridgehead atoms. The van der Waals surface area contributed by atoms with Gasteiger partial charge in [-0.1, -0.05) is 25.6 Å². The van der Waals surface area contributed by atoms with Crippen LogP contribution in [0.15, 0.2) is 12.7 Å². The average Bonchev–Trinajstić information content (AvgIpc) is 3.81. The Bertz CT molecular complexity index is 2270. The lowest BCUT2D eigenvalue weighted by Crippen LogP contribution is -2.64. The van der Waals surface area contributed by atoms with Crippen molar-refractivity contribution in [1.29, 1.82) is 0 Å². The molecule has 2 fully saturated rings. The number of anilines is 1. The molecule has 34 heteroatoms. The van der Waals surface area contributed by atoms with Crippen molar-refractivity contribution in [3.05, 3.63) is 12.7 Å². The summed E-state index contributed by atoms with van der Waals surface area (Å²) in [5.41, 5.74) is 10.5. The SMILES string of the molecule is CCN(CC)C(=O)C1OC(C(=O)SCCNC(=O)CCNC(=O)C(O)C(C)(C)COP(=O)(O)OP(=O)(O)OCC2OC(n3cnc4c(N)ncnc43)C(O)C2OP(=O)(O)O)CC(N)C1NC(C)=O. The normalized spacial score (nSPS) is 25.5. The van der Waals surface area contributed by atoms with E-state index >= 15 is 0 Å². The van der Waals surface area contributed by atoms with Crippen molar-refractivity contribution >= 4 is 81.0 Å². The second-order valence-electron chi connectivity index (χ2n) is 15.9. The topological polar surface area (TPSA) is 448 Å². The number of hydrogen-bond acceptors (Lipinski definition) is 22. The fourth-order valence-electron chi connectivity index (χ4n) is 6.81. The van der Waals surface area contributed by atoms with E-state index in [-0.39, 0.29) is 48.7 Å². The van der Waals surface area contributed by atoms with Crippen molar-refractivity contribution in [3.8, 4) is 0 Å². The second-order valence-corrected chi connectivity index (χ2v) is 21.3. The van der Waals surface area contributed by atoms with Crippen LogP contribution in [0.2, 0.25) is 0 Å². The maximum absolute atomic E-state index is 13.2. The molecule has 11 atom stereocenters. The van der Waals surface area contributed by atoms with E-state index < -0.39 is 126 Å². The van der Waals surface area contributed by atoms with Crippen LogP contribution in [-0.2, 0) is 65.0 Å². The number of ether oxygens (including phenoxy) is 2. The quantitative estimate of drug-likeness (QED) is 0.0383. The zero-order chi connectivity index (χ0) is 50.9. The highest BCUT2D eigenvalue weighted by molar-refractivity contribution is 8.13. The molecule has 2 aliphatic heterocycles. The van der Waals surface area contributed by atoms with Crippen molar-refractivity contribution in [1.82, 2.24) is 40.4 Å². The van der Waals surface area contributed by atoms with Crippen LogP contribution in [0.4, 0.5) is 5.82 Å². The molecule has 0 aromatic carbocycles. The number of phosphoric ester groups is 3. The highest BCUT2D eigenvalue weighted by Gasteiger charge is 2.51. The number of nitrogen functional groups attached to an aromatic ring is 1. The summed E-state index contributed by atoms with van der Waals surface area (Å²) in [4.78, 5) is 116. The first-order valence-corrected chi connectivity index (χ1v) is 26.1. The number of thioether (sulfide) groups is 1. The lowest BCUT2D eigenvalue weighted by Gasteiger charge is -2.40. The van der Waals surface area contributed by atoms with Crippen LogP contribution in [0, 0.1) is 5.41 Å². The molecule has 4 heterocycles. The molecular formula is C34H57N10O20P3S. The van der Waals surface area contributed by atoms with Crippen LogP contribution in [0.1, 0.15) is 53.7 Å². The minimum atomic E-state index is -5.62. The van der Waals surface area contributed by atoms with Crippen LogP contribution >= 0.6 is 35.2 Å². The number of nitrogens with two attached hydrogens (primary N) is 2. The van der Waals surface area contributed by atoms with E-state index in [1.807, 2.05) is 0 Å². The van der Waals surface area contributed by atoms with Gasteiger partial charge in [-0.25, -0.2) is 28.6 Å². The molecule has 30 nitrogen and oxygen atoms in total. The third-order valence-electron chi connectivity index (χ3n) is 10.3. The van der Waals surface area contributed by atoms with E-state index in [0.717, 1.165) is 29.0 Å². The van der Waals surface area contributed by atoms with Gasteiger partial charge in [0, 0.05) is 56.7 Å². The fourth-order valence-corrected chi connectivity index (χ4v) is 10.4. The van der Waals surface area contributed by atoms with Gasteiger partial charge in [-0.2, -0.15) is 4.31 Å². The van der Waals surface area contributed by atoms with Crippen molar-refractivity contribution in [2.75, 3.05) is 50.9 Å². The summed E-state index contributed by atoms with van der Waals surface area (Å²) in [5.74, 6) is -2.38. The maximum Gasteiger partial charge on any atom is 0.481 e. The first-order valence-electron chi connectivity index (χ1n) is 20.6. The van der Waals surface area contributed by atoms with E-state index in [4.69, 9.17) is 30.0 Å². The largest absolute Gasteiger partial charge is 0.481 e. The number of aliphatic hydroxyl groups is 2. The molecule has 68 heavy (non-hydrogen) atoms. The van der Waals surface area contributed by atoms with Crippen molar-refractivity contribution in [2.24, 2.45) is 11.1 Å². The Morgan fingerprint density at radius 1 is 1.01 bits per heavy atom. The van der Waals surface area contributed by atoms with Crippen molar-refractivity contribution in [2.45, 2.75) is 102 Å². The molecule has 2 aliphatic rings. The molecule has 13 N–H and O–H groups in total. The maximum atomic E-state index is 13.2. The molecule has 0 aliphatic carbocycles. The molecule has 2 aromatic rings. The van der Waals surface area contributed by atoms with E-state index in [1.54, 1.807) is 13.8 Å². The summed E-state index contributed by atoms with van der Waals surface area (Å²) >= 11 is 0.835. The smallest absolute Gasteiger partial charge is 0.386 e. The fraction of sp³-hybridized carbons (Fsp3) is 0.706. The Kier molecular flexibility index (Phi) is 20.1. The van der Waals surface area contributed by atoms with E-state index in [9.17, 15) is 67.5 Å². The lowest BCUT2D eigenvalue weighted by atomic mass is 9.87. The first kappa shape index (κ1) is 57.0. The minimum absolute atomic E-state index is 0.0140. The van der Waals surface area contributed by atoms with Crippen LogP contribution in [0.25, 0.3) is 11.2 Å². The van der Waals surface area contributed by atoms with Gasteiger partial charge in [0.15, 0.2) is 23.8 Å². The number of aliphatic hydroxyl groups excluding tert-OH is 2. The number of imidazole rings is 1. The molecule has 2 aromatic heterocycles. The number of fused-ring (bicyclic) bond motifs is 1. The monoisotopic (exact) mass is 1050 g/mol.